The summed E-state index contributed by atoms with van der Waals surface area (Å²) in [5, 5.41) is 18.8. The van der Waals surface area contributed by atoms with E-state index in [0.29, 0.717) is 27.5 Å². The standard InChI is InChI=1S/C14H7ClN4/c1-8-9(6-16)13(15)19-12-5-3-2-4-11(12)18-14(19)10(8)7-17/h2-5H,1H3. The number of aromatic nitrogens is 2. The number of pyridine rings is 1. The van der Waals surface area contributed by atoms with Crippen LogP contribution in [0.2, 0.25) is 5.15 Å². The molecule has 0 amide bonds. The van der Waals surface area contributed by atoms with Gasteiger partial charge in [-0.25, -0.2) is 4.98 Å². The van der Waals surface area contributed by atoms with Gasteiger partial charge >= 0.3 is 0 Å². The number of nitrogens with zero attached hydrogens (tertiary/aromatic N) is 4. The van der Waals surface area contributed by atoms with E-state index in [1.54, 1.807) is 11.3 Å². The van der Waals surface area contributed by atoms with E-state index in [1.807, 2.05) is 24.3 Å². The molecule has 0 atom stereocenters. The molecule has 0 saturated carbocycles. The zero-order chi connectivity index (χ0) is 13.6. The molecule has 0 aliphatic rings. The molecule has 0 radical (unpaired) electrons. The summed E-state index contributed by atoms with van der Waals surface area (Å²) in [6.45, 7) is 1.71. The molecule has 0 aliphatic carbocycles. The Balaban J connectivity index is 2.70. The van der Waals surface area contributed by atoms with Crippen LogP contribution in [-0.2, 0) is 0 Å². The van der Waals surface area contributed by atoms with Gasteiger partial charge in [0.25, 0.3) is 0 Å². The van der Waals surface area contributed by atoms with Gasteiger partial charge in [0.1, 0.15) is 17.3 Å². The Labute approximate surface area is 114 Å². The van der Waals surface area contributed by atoms with Crippen LogP contribution in [0, 0.1) is 29.6 Å². The number of rotatable bonds is 0. The van der Waals surface area contributed by atoms with Gasteiger partial charge in [-0.15, -0.1) is 0 Å². The van der Waals surface area contributed by atoms with Crippen LogP contribution in [-0.4, -0.2) is 9.38 Å². The third kappa shape index (κ3) is 1.41. The van der Waals surface area contributed by atoms with E-state index in [2.05, 4.69) is 17.1 Å². The highest BCUT2D eigenvalue weighted by Gasteiger charge is 2.19. The van der Waals surface area contributed by atoms with Gasteiger partial charge < -0.3 is 0 Å². The monoisotopic (exact) mass is 266 g/mol. The summed E-state index contributed by atoms with van der Waals surface area (Å²) >= 11 is 6.29. The molecular formula is C14H7ClN4. The first kappa shape index (κ1) is 11.5. The molecule has 0 saturated heterocycles. The van der Waals surface area contributed by atoms with Gasteiger partial charge in [-0.05, 0) is 24.6 Å². The van der Waals surface area contributed by atoms with Gasteiger partial charge in [-0.2, -0.15) is 10.5 Å². The summed E-state index contributed by atoms with van der Waals surface area (Å²) in [5.41, 5.74) is 3.29. The van der Waals surface area contributed by atoms with Crippen LogP contribution in [0.15, 0.2) is 24.3 Å². The quantitative estimate of drug-likeness (QED) is 0.587. The van der Waals surface area contributed by atoms with Crippen molar-refractivity contribution in [3.05, 3.63) is 46.1 Å². The van der Waals surface area contributed by atoms with Crippen LogP contribution in [0.3, 0.4) is 0 Å². The van der Waals surface area contributed by atoms with Crippen molar-refractivity contribution in [3.63, 3.8) is 0 Å². The van der Waals surface area contributed by atoms with Crippen molar-refractivity contribution in [2.24, 2.45) is 0 Å². The molecule has 3 rings (SSSR count). The van der Waals surface area contributed by atoms with Gasteiger partial charge in [0.15, 0.2) is 5.65 Å². The molecule has 90 valence electrons. The highest BCUT2D eigenvalue weighted by atomic mass is 35.5. The maximum atomic E-state index is 9.30. The number of fused-ring (bicyclic) bond motifs is 3. The molecule has 0 N–H and O–H groups in total. The van der Waals surface area contributed by atoms with Gasteiger partial charge in [-0.3, -0.25) is 4.40 Å². The van der Waals surface area contributed by atoms with Crippen molar-refractivity contribution in [1.29, 1.82) is 10.5 Å². The van der Waals surface area contributed by atoms with Gasteiger partial charge in [0.2, 0.25) is 0 Å². The van der Waals surface area contributed by atoms with E-state index in [0.717, 1.165) is 11.0 Å². The second kappa shape index (κ2) is 3.98. The van der Waals surface area contributed by atoms with Crippen LogP contribution < -0.4 is 0 Å². The molecule has 2 heterocycles. The van der Waals surface area contributed by atoms with Gasteiger partial charge in [-0.1, -0.05) is 23.7 Å². The molecule has 19 heavy (non-hydrogen) atoms. The van der Waals surface area contributed by atoms with Crippen molar-refractivity contribution in [2.75, 3.05) is 0 Å². The fraction of sp³-hybridized carbons (Fsp3) is 0.0714. The Hall–Kier alpha value is -2.56. The molecule has 0 fully saturated rings. The molecule has 0 unspecified atom stereocenters. The third-order valence-corrected chi connectivity index (χ3v) is 3.52. The summed E-state index contributed by atoms with van der Waals surface area (Å²) in [5.74, 6) is 0. The SMILES string of the molecule is Cc1c(C#N)c(Cl)n2c(nc3ccccc32)c1C#N. The Bertz CT molecular complexity index is 909. The zero-order valence-electron chi connectivity index (χ0n) is 9.98. The van der Waals surface area contributed by atoms with Gasteiger partial charge in [0.05, 0.1) is 22.2 Å². The van der Waals surface area contributed by atoms with E-state index in [1.165, 1.54) is 0 Å². The molecule has 0 spiro atoms. The lowest BCUT2D eigenvalue weighted by Gasteiger charge is -2.07. The van der Waals surface area contributed by atoms with Crippen molar-refractivity contribution >= 4 is 28.3 Å². The van der Waals surface area contributed by atoms with Crippen molar-refractivity contribution < 1.29 is 0 Å². The molecule has 0 aliphatic heterocycles. The van der Waals surface area contributed by atoms with Crippen LogP contribution in [0.25, 0.3) is 16.7 Å². The first-order valence-electron chi connectivity index (χ1n) is 5.58. The lowest BCUT2D eigenvalue weighted by molar-refractivity contribution is 1.17. The second-order valence-corrected chi connectivity index (χ2v) is 4.51. The minimum Gasteiger partial charge on any atom is -0.280 e. The lowest BCUT2D eigenvalue weighted by atomic mass is 10.1. The summed E-state index contributed by atoms with van der Waals surface area (Å²) in [4.78, 5) is 4.43. The minimum atomic E-state index is 0.294. The summed E-state index contributed by atoms with van der Waals surface area (Å²) in [7, 11) is 0. The Morgan fingerprint density at radius 3 is 2.53 bits per heavy atom. The fourth-order valence-corrected chi connectivity index (χ4v) is 2.57. The van der Waals surface area contributed by atoms with Crippen molar-refractivity contribution in [2.45, 2.75) is 6.92 Å². The highest BCUT2D eigenvalue weighted by Crippen LogP contribution is 2.29. The number of imidazole rings is 1. The molecule has 3 aromatic rings. The summed E-state index contributed by atoms with van der Waals surface area (Å²) < 4.78 is 1.65. The van der Waals surface area contributed by atoms with Crippen molar-refractivity contribution in [1.82, 2.24) is 9.38 Å². The maximum Gasteiger partial charge on any atom is 0.157 e. The highest BCUT2D eigenvalue weighted by molar-refractivity contribution is 6.31. The maximum absolute atomic E-state index is 9.30. The van der Waals surface area contributed by atoms with E-state index in [4.69, 9.17) is 11.6 Å². The lowest BCUT2D eigenvalue weighted by Crippen LogP contribution is -1.99. The molecule has 2 aromatic heterocycles. The number of benzene rings is 1. The molecular weight excluding hydrogens is 260 g/mol. The van der Waals surface area contributed by atoms with Crippen LogP contribution in [0.4, 0.5) is 0 Å². The van der Waals surface area contributed by atoms with Crippen LogP contribution >= 0.6 is 11.6 Å². The molecule has 5 heteroatoms. The minimum absolute atomic E-state index is 0.294. The Kier molecular flexibility index (Phi) is 2.41. The number of para-hydroxylation sites is 2. The number of nitriles is 2. The van der Waals surface area contributed by atoms with Gasteiger partial charge in [0, 0.05) is 0 Å². The second-order valence-electron chi connectivity index (χ2n) is 4.15. The first-order valence-corrected chi connectivity index (χ1v) is 5.96. The molecule has 1 aromatic carbocycles. The average Bonchev–Trinajstić information content (AvgIpc) is 2.79. The summed E-state index contributed by atoms with van der Waals surface area (Å²) in [6.07, 6.45) is 0. The molecule has 4 nitrogen and oxygen atoms in total. The number of hydrogen-bond donors (Lipinski definition) is 0. The van der Waals surface area contributed by atoms with Crippen molar-refractivity contribution in [3.8, 4) is 12.1 Å². The fourth-order valence-electron chi connectivity index (χ4n) is 2.22. The predicted molar refractivity (Wildman–Crippen MR) is 71.9 cm³/mol. The normalized spacial score (nSPS) is 10.5. The Morgan fingerprint density at radius 1 is 1.16 bits per heavy atom. The summed E-state index contributed by atoms with van der Waals surface area (Å²) in [6, 6.07) is 11.6. The van der Waals surface area contributed by atoms with E-state index in [-0.39, 0.29) is 0 Å². The van der Waals surface area contributed by atoms with Crippen LogP contribution in [0.1, 0.15) is 16.7 Å². The zero-order valence-corrected chi connectivity index (χ0v) is 10.7. The van der Waals surface area contributed by atoms with Crippen LogP contribution in [0.5, 0.6) is 0 Å². The molecule has 0 bridgehead atoms. The number of halogens is 1. The topological polar surface area (TPSA) is 64.9 Å². The Morgan fingerprint density at radius 2 is 1.84 bits per heavy atom. The van der Waals surface area contributed by atoms with E-state index < -0.39 is 0 Å². The van der Waals surface area contributed by atoms with E-state index in [9.17, 15) is 10.5 Å². The largest absolute Gasteiger partial charge is 0.280 e. The van der Waals surface area contributed by atoms with E-state index >= 15 is 0 Å². The third-order valence-electron chi connectivity index (χ3n) is 3.16. The smallest absolute Gasteiger partial charge is 0.157 e. The average molecular weight is 267 g/mol. The number of hydrogen-bond acceptors (Lipinski definition) is 3. The predicted octanol–water partition coefficient (Wildman–Crippen LogP) is 3.19. The first-order chi connectivity index (χ1) is 9.19.